The molecule has 1 spiro atoms. The number of nitrogens with one attached hydrogen (secondary N) is 2. The molecule has 1 aromatic heterocycles. The number of hydrogen-bond donors (Lipinski definition) is 2. The van der Waals surface area contributed by atoms with Crippen LogP contribution < -0.4 is 5.32 Å². The molecule has 0 atom stereocenters. The normalized spacial score (nSPS) is 19.4. The topological polar surface area (TPSA) is 98.4 Å². The molecule has 2 heterocycles. The van der Waals surface area contributed by atoms with Gasteiger partial charge in [-0.2, -0.15) is 5.10 Å². The maximum absolute atomic E-state index is 12.5. The van der Waals surface area contributed by atoms with Crippen molar-refractivity contribution < 1.29 is 14.4 Å². The molecule has 3 rings (SSSR count). The second-order valence-corrected chi connectivity index (χ2v) is 7.46. The first kappa shape index (κ1) is 17.4. The summed E-state index contributed by atoms with van der Waals surface area (Å²) in [5.41, 5.74) is 0.903. The number of carbonyl (C=O) groups excluding carboxylic acids is 3. The third-order valence-corrected chi connectivity index (χ3v) is 5.37. The van der Waals surface area contributed by atoms with Crippen LogP contribution in [0.2, 0.25) is 0 Å². The Kier molecular flexibility index (Phi) is 4.53. The van der Waals surface area contributed by atoms with Crippen LogP contribution in [-0.2, 0) is 0 Å². The Bertz CT molecular complexity index is 680. The summed E-state index contributed by atoms with van der Waals surface area (Å²) in [5, 5.41) is 9.55. The molecule has 1 aliphatic heterocycles. The summed E-state index contributed by atoms with van der Waals surface area (Å²) in [6.07, 6.45) is 3.85. The predicted molar refractivity (Wildman–Crippen MR) is 91.4 cm³/mol. The summed E-state index contributed by atoms with van der Waals surface area (Å²) in [6.45, 7) is 2.82. The van der Waals surface area contributed by atoms with E-state index in [4.69, 9.17) is 0 Å². The highest BCUT2D eigenvalue weighted by molar-refractivity contribution is 5.97. The molecule has 2 N–H and O–H groups in total. The number of nitrogens with zero attached hydrogens (tertiary/aromatic N) is 3. The highest BCUT2D eigenvalue weighted by Gasteiger charge is 2.47. The van der Waals surface area contributed by atoms with Gasteiger partial charge in [-0.25, -0.2) is 4.79 Å². The average Bonchev–Trinajstić information content (AvgIpc) is 3.03. The zero-order valence-corrected chi connectivity index (χ0v) is 15.0. The molecule has 1 saturated carbocycles. The van der Waals surface area contributed by atoms with Crippen molar-refractivity contribution in [3.63, 3.8) is 0 Å². The number of rotatable bonds is 3. The summed E-state index contributed by atoms with van der Waals surface area (Å²) >= 11 is 0. The first-order valence-corrected chi connectivity index (χ1v) is 8.63. The summed E-state index contributed by atoms with van der Waals surface area (Å²) in [6, 6.07) is 1.71. The van der Waals surface area contributed by atoms with Gasteiger partial charge in [0.1, 0.15) is 11.4 Å². The zero-order chi connectivity index (χ0) is 18.2. The Labute approximate surface area is 146 Å². The van der Waals surface area contributed by atoms with Crippen LogP contribution in [-0.4, -0.2) is 70.9 Å². The average molecular weight is 347 g/mol. The third kappa shape index (κ3) is 3.52. The molecule has 3 amide bonds. The van der Waals surface area contributed by atoms with E-state index in [1.54, 1.807) is 19.0 Å². The Morgan fingerprint density at radius 2 is 1.92 bits per heavy atom. The number of aromatic amines is 1. The third-order valence-electron chi connectivity index (χ3n) is 5.37. The second-order valence-electron chi connectivity index (χ2n) is 7.46. The van der Waals surface area contributed by atoms with Gasteiger partial charge in [0.15, 0.2) is 5.78 Å². The fraction of sp³-hybridized carbons (Fsp3) is 0.647. The molecule has 1 aromatic rings. The lowest BCUT2D eigenvalue weighted by Crippen LogP contribution is -2.56. The molecule has 2 aliphatic rings. The van der Waals surface area contributed by atoms with Crippen molar-refractivity contribution >= 4 is 17.7 Å². The van der Waals surface area contributed by atoms with E-state index in [1.807, 2.05) is 4.90 Å². The molecular formula is C17H25N5O3. The van der Waals surface area contributed by atoms with Crippen LogP contribution in [0, 0.1) is 5.41 Å². The van der Waals surface area contributed by atoms with Crippen LogP contribution in [0.1, 0.15) is 53.6 Å². The molecule has 0 unspecified atom stereocenters. The van der Waals surface area contributed by atoms with Gasteiger partial charge in [0.25, 0.3) is 5.91 Å². The molecule has 0 radical (unpaired) electrons. The van der Waals surface area contributed by atoms with Crippen molar-refractivity contribution in [3.8, 4) is 0 Å². The fourth-order valence-corrected chi connectivity index (χ4v) is 3.77. The quantitative estimate of drug-likeness (QED) is 0.805. The molecule has 0 bridgehead atoms. The van der Waals surface area contributed by atoms with E-state index < -0.39 is 0 Å². The monoisotopic (exact) mass is 347 g/mol. The summed E-state index contributed by atoms with van der Waals surface area (Å²) in [7, 11) is 3.47. The van der Waals surface area contributed by atoms with Gasteiger partial charge in [0.2, 0.25) is 0 Å². The first-order valence-electron chi connectivity index (χ1n) is 8.63. The van der Waals surface area contributed by atoms with Gasteiger partial charge in [0, 0.05) is 40.2 Å². The molecule has 8 heteroatoms. The van der Waals surface area contributed by atoms with Crippen molar-refractivity contribution in [2.24, 2.45) is 5.41 Å². The number of hydrogen-bond acceptors (Lipinski definition) is 4. The lowest BCUT2D eigenvalue weighted by Gasteiger charge is -2.52. The largest absolute Gasteiger partial charge is 0.337 e. The molecule has 2 fully saturated rings. The minimum Gasteiger partial charge on any atom is -0.337 e. The van der Waals surface area contributed by atoms with Gasteiger partial charge >= 0.3 is 6.03 Å². The van der Waals surface area contributed by atoms with Crippen LogP contribution in [0.4, 0.5) is 4.79 Å². The smallest absolute Gasteiger partial charge is 0.317 e. The van der Waals surface area contributed by atoms with Crippen molar-refractivity contribution in [2.45, 2.75) is 38.6 Å². The highest BCUT2D eigenvalue weighted by Crippen LogP contribution is 2.49. The van der Waals surface area contributed by atoms with Crippen LogP contribution in [0.5, 0.6) is 0 Å². The maximum atomic E-state index is 12.5. The fourth-order valence-electron chi connectivity index (χ4n) is 3.77. The van der Waals surface area contributed by atoms with Crippen molar-refractivity contribution in [2.75, 3.05) is 27.2 Å². The molecule has 25 heavy (non-hydrogen) atoms. The van der Waals surface area contributed by atoms with Crippen molar-refractivity contribution in [1.29, 1.82) is 0 Å². The number of H-pyrrole nitrogens is 1. The van der Waals surface area contributed by atoms with Crippen LogP contribution in [0.3, 0.4) is 0 Å². The minimum atomic E-state index is -0.159. The summed E-state index contributed by atoms with van der Waals surface area (Å²) in [5.74, 6) is -0.264. The van der Waals surface area contributed by atoms with Gasteiger partial charge < -0.3 is 15.1 Å². The number of urea groups is 1. The number of Topliss-reactive ketones (excluding diaryl/α,β-unsaturated/α-hetero) is 1. The van der Waals surface area contributed by atoms with E-state index in [-0.39, 0.29) is 34.9 Å². The van der Waals surface area contributed by atoms with Crippen molar-refractivity contribution in [3.05, 3.63) is 17.5 Å². The molecule has 8 nitrogen and oxygen atoms in total. The minimum absolute atomic E-state index is 0.0482. The number of likely N-dealkylation sites (tertiary alicyclic amines) is 1. The molecular weight excluding hydrogens is 322 g/mol. The molecule has 1 aliphatic carbocycles. The van der Waals surface area contributed by atoms with Crippen LogP contribution >= 0.6 is 0 Å². The van der Waals surface area contributed by atoms with E-state index in [9.17, 15) is 14.4 Å². The zero-order valence-electron chi connectivity index (χ0n) is 15.0. The lowest BCUT2D eigenvalue weighted by molar-refractivity contribution is 0.00992. The number of aromatic nitrogens is 2. The van der Waals surface area contributed by atoms with E-state index >= 15 is 0 Å². The number of ketones is 1. The number of piperidine rings is 1. The van der Waals surface area contributed by atoms with E-state index in [1.165, 1.54) is 13.0 Å². The Morgan fingerprint density at radius 1 is 1.28 bits per heavy atom. The second kappa shape index (κ2) is 6.50. The summed E-state index contributed by atoms with van der Waals surface area (Å²) in [4.78, 5) is 38.9. The SMILES string of the molecule is CC(=O)c1cc(C(=O)N2CCC3(CC2)CC(NC(=O)N(C)C)C3)[nH]n1. The lowest BCUT2D eigenvalue weighted by atomic mass is 9.60. The van der Waals surface area contributed by atoms with E-state index in [0.29, 0.717) is 18.8 Å². The number of amides is 3. The maximum Gasteiger partial charge on any atom is 0.317 e. The Hall–Kier alpha value is -2.38. The van der Waals surface area contributed by atoms with E-state index in [0.717, 1.165) is 25.7 Å². The van der Waals surface area contributed by atoms with Crippen LogP contribution in [0.25, 0.3) is 0 Å². The van der Waals surface area contributed by atoms with Gasteiger partial charge in [-0.3, -0.25) is 14.7 Å². The highest BCUT2D eigenvalue weighted by atomic mass is 16.2. The van der Waals surface area contributed by atoms with Gasteiger partial charge in [-0.15, -0.1) is 0 Å². The standard InChI is InChI=1S/C17H25N5O3/c1-11(23)13-8-14(20-19-13)15(24)22-6-4-17(5-7-22)9-12(10-17)18-16(25)21(2)3/h8,12H,4-7,9-10H2,1-3H3,(H,18,25)(H,19,20). The van der Waals surface area contributed by atoms with Crippen LogP contribution in [0.15, 0.2) is 6.07 Å². The van der Waals surface area contributed by atoms with Gasteiger partial charge in [0.05, 0.1) is 0 Å². The first-order chi connectivity index (χ1) is 11.8. The van der Waals surface area contributed by atoms with E-state index in [2.05, 4.69) is 15.5 Å². The van der Waals surface area contributed by atoms with Gasteiger partial charge in [-0.1, -0.05) is 0 Å². The van der Waals surface area contributed by atoms with Gasteiger partial charge in [-0.05, 0) is 37.2 Å². The predicted octanol–water partition coefficient (Wildman–Crippen LogP) is 1.27. The van der Waals surface area contributed by atoms with Crippen molar-refractivity contribution in [1.82, 2.24) is 25.3 Å². The Balaban J connectivity index is 1.50. The number of carbonyl (C=O) groups is 3. The molecule has 1 saturated heterocycles. The Morgan fingerprint density at radius 3 is 2.44 bits per heavy atom. The molecule has 136 valence electrons. The molecule has 0 aromatic carbocycles. The summed E-state index contributed by atoms with van der Waals surface area (Å²) < 4.78 is 0.